The molecule has 3 atom stereocenters. The first-order valence-electron chi connectivity index (χ1n) is 29.6. The van der Waals surface area contributed by atoms with E-state index in [0.29, 0.717) is 23.9 Å². The van der Waals surface area contributed by atoms with E-state index in [0.717, 1.165) is 89.9 Å². The first-order chi connectivity index (χ1) is 34.4. The Hall–Kier alpha value is -2.29. The quantitative estimate of drug-likeness (QED) is 0.0205. The topological polar surface area (TPSA) is 111 Å². The number of hydrogen-bond acceptors (Lipinski definition) is 6. The van der Waals surface area contributed by atoms with Crippen molar-refractivity contribution in [2.75, 3.05) is 40.9 Å². The standard InChI is InChI=1S/C61H113N2O7P/c1-7-10-13-16-19-22-25-28-30-31-32-33-34-35-38-41-44-47-50-53-60(64)62-58(57-69-71(66,67)68-56-55-63(4,5)6)59(52-49-46-43-40-37-27-24-21-18-15-12-9-3)70-61(65)54-51-48-45-42-39-36-29-26-23-20-17-14-11-8-2/h19,22,28,30,32-33,36,39,49,52,58-59H,7-18,20-21,23-27,29,31,34-35,37-38,40-48,50-51,53-57H2,1-6H3,(H-,62,64,66,67)/p+1/b22-19-,30-28-,33-32-,39-36-,52-49-. The van der Waals surface area contributed by atoms with Crippen LogP contribution in [0, 0.1) is 0 Å². The molecule has 0 fully saturated rings. The summed E-state index contributed by atoms with van der Waals surface area (Å²) in [4.78, 5) is 37.6. The van der Waals surface area contributed by atoms with E-state index >= 15 is 0 Å². The minimum Gasteiger partial charge on any atom is -0.456 e. The molecule has 0 saturated heterocycles. The number of carbonyl (C=O) groups is 2. The Kier molecular flexibility index (Phi) is 49.6. The summed E-state index contributed by atoms with van der Waals surface area (Å²) in [5, 5.41) is 3.04. The molecule has 0 aromatic rings. The van der Waals surface area contributed by atoms with Crippen LogP contribution in [0.15, 0.2) is 60.8 Å². The normalized spacial score (nSPS) is 14.2. The molecule has 0 rings (SSSR count). The van der Waals surface area contributed by atoms with Crippen LogP contribution in [0.2, 0.25) is 0 Å². The number of likely N-dealkylation sites (N-methyl/N-ethyl adjacent to an activating group) is 1. The second-order valence-corrected chi connectivity index (χ2v) is 22.6. The molecule has 0 heterocycles. The Labute approximate surface area is 439 Å². The van der Waals surface area contributed by atoms with Gasteiger partial charge in [0.2, 0.25) is 5.91 Å². The summed E-state index contributed by atoms with van der Waals surface area (Å²) in [7, 11) is 1.48. The maximum Gasteiger partial charge on any atom is 0.472 e. The van der Waals surface area contributed by atoms with Crippen LogP contribution in [-0.4, -0.2) is 74.3 Å². The highest BCUT2D eigenvalue weighted by Gasteiger charge is 2.30. The maximum atomic E-state index is 13.5. The van der Waals surface area contributed by atoms with Crippen molar-refractivity contribution in [3.63, 3.8) is 0 Å². The smallest absolute Gasteiger partial charge is 0.456 e. The minimum absolute atomic E-state index is 0.0341. The van der Waals surface area contributed by atoms with E-state index in [-0.39, 0.29) is 31.5 Å². The number of phosphoric ester groups is 1. The van der Waals surface area contributed by atoms with Crippen LogP contribution < -0.4 is 5.32 Å². The number of allylic oxidation sites excluding steroid dienone is 9. The second kappa shape index (κ2) is 51.2. The third-order valence-corrected chi connectivity index (χ3v) is 13.9. The zero-order valence-corrected chi connectivity index (χ0v) is 48.1. The number of phosphoric acid groups is 1. The zero-order valence-electron chi connectivity index (χ0n) is 47.2. The van der Waals surface area contributed by atoms with Gasteiger partial charge in [0.05, 0.1) is 33.8 Å². The summed E-state index contributed by atoms with van der Waals surface area (Å²) in [6.07, 6.45) is 63.5. The van der Waals surface area contributed by atoms with Crippen LogP contribution in [0.4, 0.5) is 0 Å². The lowest BCUT2D eigenvalue weighted by molar-refractivity contribution is -0.870. The largest absolute Gasteiger partial charge is 0.472 e. The Morgan fingerprint density at radius 1 is 0.493 bits per heavy atom. The van der Waals surface area contributed by atoms with Gasteiger partial charge in [0.1, 0.15) is 19.3 Å². The number of ether oxygens (including phenoxy) is 1. The van der Waals surface area contributed by atoms with Crippen LogP contribution in [0.5, 0.6) is 0 Å². The molecule has 71 heavy (non-hydrogen) atoms. The van der Waals surface area contributed by atoms with E-state index < -0.39 is 20.0 Å². The fraction of sp³-hybridized carbons (Fsp3) is 0.803. The predicted octanol–water partition coefficient (Wildman–Crippen LogP) is 17.9. The second-order valence-electron chi connectivity index (χ2n) is 21.2. The predicted molar refractivity (Wildman–Crippen MR) is 305 cm³/mol. The molecule has 1 amide bonds. The van der Waals surface area contributed by atoms with Crippen molar-refractivity contribution in [1.82, 2.24) is 5.32 Å². The number of amides is 1. The first-order valence-corrected chi connectivity index (χ1v) is 31.1. The van der Waals surface area contributed by atoms with E-state index in [9.17, 15) is 19.0 Å². The maximum absolute atomic E-state index is 13.5. The number of unbranched alkanes of at least 4 members (excludes halogenated alkanes) is 29. The number of esters is 1. The summed E-state index contributed by atoms with van der Waals surface area (Å²) in [5.74, 6) is -0.536. The molecule has 0 bridgehead atoms. The summed E-state index contributed by atoms with van der Waals surface area (Å²) in [6, 6.07) is -0.861. The Balaban J connectivity index is 5.35. The molecule has 3 unspecified atom stereocenters. The summed E-state index contributed by atoms with van der Waals surface area (Å²) in [5.41, 5.74) is 0. The van der Waals surface area contributed by atoms with Crippen LogP contribution in [0.25, 0.3) is 0 Å². The highest BCUT2D eigenvalue weighted by atomic mass is 31.2. The zero-order chi connectivity index (χ0) is 52.2. The lowest BCUT2D eigenvalue weighted by Crippen LogP contribution is -2.47. The Morgan fingerprint density at radius 2 is 0.859 bits per heavy atom. The number of rotatable bonds is 53. The van der Waals surface area contributed by atoms with Gasteiger partial charge in [-0.1, -0.05) is 217 Å². The molecule has 10 heteroatoms. The van der Waals surface area contributed by atoms with Gasteiger partial charge in [-0.15, -0.1) is 0 Å². The van der Waals surface area contributed by atoms with Gasteiger partial charge in [0.25, 0.3) is 0 Å². The molecule has 9 nitrogen and oxygen atoms in total. The van der Waals surface area contributed by atoms with Crippen molar-refractivity contribution in [1.29, 1.82) is 0 Å². The Bertz CT molecular complexity index is 1400. The molecule has 0 spiro atoms. The van der Waals surface area contributed by atoms with Crippen LogP contribution in [0.1, 0.15) is 265 Å². The van der Waals surface area contributed by atoms with Gasteiger partial charge in [-0.2, -0.15) is 0 Å². The lowest BCUT2D eigenvalue weighted by Gasteiger charge is -2.27. The van der Waals surface area contributed by atoms with Crippen molar-refractivity contribution in [2.45, 2.75) is 277 Å². The van der Waals surface area contributed by atoms with E-state index in [4.69, 9.17) is 13.8 Å². The van der Waals surface area contributed by atoms with Crippen LogP contribution in [-0.2, 0) is 27.9 Å². The number of nitrogens with one attached hydrogen (secondary N) is 1. The highest BCUT2D eigenvalue weighted by molar-refractivity contribution is 7.47. The van der Waals surface area contributed by atoms with Crippen molar-refractivity contribution >= 4 is 19.7 Å². The summed E-state index contributed by atoms with van der Waals surface area (Å²) < 4.78 is 30.6. The average molecular weight is 1020 g/mol. The van der Waals surface area contributed by atoms with E-state index in [1.54, 1.807) is 0 Å². The van der Waals surface area contributed by atoms with Crippen molar-refractivity contribution in [3.05, 3.63) is 60.8 Å². The molecule has 0 radical (unpaired) electrons. The molecule has 0 aromatic carbocycles. The van der Waals surface area contributed by atoms with E-state index in [2.05, 4.69) is 74.7 Å². The highest BCUT2D eigenvalue weighted by Crippen LogP contribution is 2.43. The van der Waals surface area contributed by atoms with Crippen molar-refractivity contribution < 1.29 is 37.3 Å². The number of quaternary nitrogens is 1. The fourth-order valence-corrected chi connectivity index (χ4v) is 9.03. The van der Waals surface area contributed by atoms with Gasteiger partial charge in [-0.3, -0.25) is 18.6 Å². The van der Waals surface area contributed by atoms with Gasteiger partial charge in [0, 0.05) is 12.8 Å². The Morgan fingerprint density at radius 3 is 1.34 bits per heavy atom. The molecular formula is C61H114N2O7P+. The fourth-order valence-electron chi connectivity index (χ4n) is 8.29. The molecular weight excluding hydrogens is 904 g/mol. The number of nitrogens with zero attached hydrogens (tertiary/aromatic N) is 1. The average Bonchev–Trinajstić information content (AvgIpc) is 3.33. The monoisotopic (exact) mass is 1020 g/mol. The van der Waals surface area contributed by atoms with Gasteiger partial charge in [0.15, 0.2) is 0 Å². The molecule has 0 aliphatic carbocycles. The van der Waals surface area contributed by atoms with Gasteiger partial charge in [-0.25, -0.2) is 4.57 Å². The minimum atomic E-state index is -4.45. The van der Waals surface area contributed by atoms with Gasteiger partial charge < -0.3 is 19.4 Å². The molecule has 414 valence electrons. The number of carbonyl (C=O) groups excluding carboxylic acids is 2. The summed E-state index contributed by atoms with van der Waals surface area (Å²) in [6.45, 7) is 6.96. The van der Waals surface area contributed by atoms with Crippen molar-refractivity contribution in [2.24, 2.45) is 0 Å². The lowest BCUT2D eigenvalue weighted by atomic mass is 10.0. The molecule has 2 N–H and O–H groups in total. The summed E-state index contributed by atoms with van der Waals surface area (Å²) >= 11 is 0. The van der Waals surface area contributed by atoms with Crippen molar-refractivity contribution in [3.8, 4) is 0 Å². The first kappa shape index (κ1) is 68.7. The van der Waals surface area contributed by atoms with E-state index in [1.807, 2.05) is 33.3 Å². The molecule has 0 aliphatic rings. The van der Waals surface area contributed by atoms with Gasteiger partial charge in [-0.05, 0) is 96.0 Å². The number of hydrogen-bond donors (Lipinski definition) is 2. The molecule has 0 aromatic heterocycles. The third-order valence-electron chi connectivity index (χ3n) is 12.9. The molecule has 0 saturated carbocycles. The molecule has 0 aliphatic heterocycles. The van der Waals surface area contributed by atoms with Crippen LogP contribution in [0.3, 0.4) is 0 Å². The third kappa shape index (κ3) is 52.4. The van der Waals surface area contributed by atoms with E-state index in [1.165, 1.54) is 135 Å². The van der Waals surface area contributed by atoms with Gasteiger partial charge >= 0.3 is 13.8 Å². The SMILES string of the molecule is CCCCC/C=C\C/C=C\C/C=C\CCCCCCCCC(=O)NC(COP(=O)(O)OCC[N+](C)(C)C)C(/C=C\CCCCCCCCCCCC)OC(=O)CCCCC/C=C\CCCCCCCCC. The van der Waals surface area contributed by atoms with Crippen LogP contribution >= 0.6 is 7.82 Å².